The van der Waals surface area contributed by atoms with Gasteiger partial charge in [0.05, 0.1) is 18.0 Å². The van der Waals surface area contributed by atoms with E-state index in [0.29, 0.717) is 34.9 Å². The number of aliphatic hydroxyl groups is 1. The van der Waals surface area contributed by atoms with Crippen molar-refractivity contribution >= 4 is 28.5 Å². The average molecular weight is 534 g/mol. The molecule has 5 aromatic rings. The van der Waals surface area contributed by atoms with Crippen molar-refractivity contribution in [1.29, 1.82) is 0 Å². The zero-order chi connectivity index (χ0) is 27.9. The van der Waals surface area contributed by atoms with Crippen LogP contribution in [0, 0.1) is 0 Å². The van der Waals surface area contributed by atoms with Crippen molar-refractivity contribution in [1.82, 2.24) is 14.9 Å². The maximum Gasteiger partial charge on any atom is 0.248 e. The quantitative estimate of drug-likeness (QED) is 0.196. The van der Waals surface area contributed by atoms with Gasteiger partial charge in [-0.2, -0.15) is 0 Å². The first-order chi connectivity index (χ1) is 19.5. The molecule has 0 aliphatic heterocycles. The number of nitrogens with one attached hydrogen (secondary N) is 2. The summed E-state index contributed by atoms with van der Waals surface area (Å²) in [5.41, 5.74) is 4.63. The minimum Gasteiger partial charge on any atom is -0.437 e. The largest absolute Gasteiger partial charge is 0.437 e. The van der Waals surface area contributed by atoms with Crippen LogP contribution in [0.15, 0.2) is 108 Å². The number of likely N-dealkylation sites (N-methyl/N-ethyl adjacent to an activating group) is 1. The molecular weight excluding hydrogens is 502 g/mol. The summed E-state index contributed by atoms with van der Waals surface area (Å²) in [5, 5.41) is 17.2. The Morgan fingerprint density at radius 2 is 1.65 bits per heavy atom. The molecule has 1 amide bonds. The highest BCUT2D eigenvalue weighted by atomic mass is 16.3. The molecule has 3 N–H and O–H groups in total. The highest BCUT2D eigenvalue weighted by Crippen LogP contribution is 2.43. The molecule has 5 rings (SSSR count). The number of hydrogen-bond acceptors (Lipinski definition) is 7. The number of rotatable bonds is 10. The lowest BCUT2D eigenvalue weighted by Crippen LogP contribution is -2.15. The second-order valence-electron chi connectivity index (χ2n) is 9.60. The molecule has 3 aromatic carbocycles. The smallest absolute Gasteiger partial charge is 0.248 e. The second kappa shape index (κ2) is 12.4. The van der Waals surface area contributed by atoms with Crippen LogP contribution in [-0.2, 0) is 4.79 Å². The van der Waals surface area contributed by atoms with E-state index in [4.69, 9.17) is 4.42 Å². The van der Waals surface area contributed by atoms with Gasteiger partial charge in [0.15, 0.2) is 0 Å². The third kappa shape index (κ3) is 6.09. The number of hydrogen-bond donors (Lipinski definition) is 3. The van der Waals surface area contributed by atoms with Crippen molar-refractivity contribution in [3.8, 4) is 22.5 Å². The standard InChI is InChI=1S/C32H31N5O3/c1-37(2)19-9-14-27(39)35-25-17-15-23(16-18-25)28-29-31(36-26(20-38)22-10-5-3-6-11-22)33-21-34-32(29)40-30(28)24-12-7-4-8-13-24/h3-18,21,26,38H,19-20H2,1-2H3,(H,35,39)(H,33,34,36)/t26-/m1/s1. The molecule has 2 heterocycles. The molecule has 2 aromatic heterocycles. The number of carbonyl (C=O) groups excluding carboxylic acids is 1. The number of carbonyl (C=O) groups is 1. The van der Waals surface area contributed by atoms with Crippen LogP contribution < -0.4 is 10.6 Å². The maximum absolute atomic E-state index is 12.3. The van der Waals surface area contributed by atoms with Gasteiger partial charge in [-0.15, -0.1) is 0 Å². The molecule has 0 spiro atoms. The highest BCUT2D eigenvalue weighted by Gasteiger charge is 2.23. The van der Waals surface area contributed by atoms with Crippen LogP contribution in [0.25, 0.3) is 33.6 Å². The number of furan rings is 1. The Labute approximate surface area is 233 Å². The summed E-state index contributed by atoms with van der Waals surface area (Å²) in [6.45, 7) is 0.563. The van der Waals surface area contributed by atoms with Crippen molar-refractivity contribution in [2.24, 2.45) is 0 Å². The van der Waals surface area contributed by atoms with Crippen LogP contribution in [0.2, 0.25) is 0 Å². The van der Waals surface area contributed by atoms with Crippen LogP contribution in [0.3, 0.4) is 0 Å². The molecule has 202 valence electrons. The number of nitrogens with zero attached hydrogens (tertiary/aromatic N) is 3. The number of amides is 1. The molecule has 8 nitrogen and oxygen atoms in total. The van der Waals surface area contributed by atoms with Crippen molar-refractivity contribution in [2.45, 2.75) is 6.04 Å². The lowest BCUT2D eigenvalue weighted by atomic mass is 9.98. The molecule has 40 heavy (non-hydrogen) atoms. The molecule has 8 heteroatoms. The summed E-state index contributed by atoms with van der Waals surface area (Å²) in [5.74, 6) is 1.02. The molecular formula is C32H31N5O3. The summed E-state index contributed by atoms with van der Waals surface area (Å²) < 4.78 is 6.32. The molecule has 0 bridgehead atoms. The predicted octanol–water partition coefficient (Wildman–Crippen LogP) is 5.76. The van der Waals surface area contributed by atoms with E-state index in [1.54, 1.807) is 0 Å². The number of anilines is 2. The minimum atomic E-state index is -0.375. The number of benzene rings is 3. The van der Waals surface area contributed by atoms with E-state index in [0.717, 1.165) is 22.3 Å². The fourth-order valence-corrected chi connectivity index (χ4v) is 4.47. The van der Waals surface area contributed by atoms with Gasteiger partial charge in [0.1, 0.15) is 17.9 Å². The maximum atomic E-state index is 12.3. The van der Waals surface area contributed by atoms with Crippen LogP contribution in [0.4, 0.5) is 11.5 Å². The van der Waals surface area contributed by atoms with Gasteiger partial charge in [0.2, 0.25) is 11.6 Å². The first-order valence-corrected chi connectivity index (χ1v) is 13.0. The monoisotopic (exact) mass is 533 g/mol. The third-order valence-electron chi connectivity index (χ3n) is 6.40. The molecule has 0 aliphatic rings. The molecule has 0 radical (unpaired) electrons. The lowest BCUT2D eigenvalue weighted by Gasteiger charge is -2.18. The molecule has 0 unspecified atom stereocenters. The van der Waals surface area contributed by atoms with Crippen molar-refractivity contribution in [3.63, 3.8) is 0 Å². The Bertz CT molecular complexity index is 1600. The average Bonchev–Trinajstić information content (AvgIpc) is 3.37. The van der Waals surface area contributed by atoms with E-state index < -0.39 is 0 Å². The zero-order valence-electron chi connectivity index (χ0n) is 22.4. The second-order valence-corrected chi connectivity index (χ2v) is 9.60. The molecule has 1 atom stereocenters. The Balaban J connectivity index is 1.55. The first kappa shape index (κ1) is 26.8. The van der Waals surface area contributed by atoms with Crippen molar-refractivity contribution < 1.29 is 14.3 Å². The molecule has 0 fully saturated rings. The molecule has 0 saturated carbocycles. The van der Waals surface area contributed by atoms with Crippen LogP contribution >= 0.6 is 0 Å². The van der Waals surface area contributed by atoms with Crippen LogP contribution in [0.5, 0.6) is 0 Å². The van der Waals surface area contributed by atoms with E-state index in [-0.39, 0.29) is 18.6 Å². The van der Waals surface area contributed by atoms with E-state index in [2.05, 4.69) is 20.6 Å². The fourth-order valence-electron chi connectivity index (χ4n) is 4.47. The fraction of sp³-hybridized carbons (Fsp3) is 0.156. The summed E-state index contributed by atoms with van der Waals surface area (Å²) in [6.07, 6.45) is 4.80. The molecule has 0 saturated heterocycles. The number of fused-ring (bicyclic) bond motifs is 1. The topological polar surface area (TPSA) is 104 Å². The zero-order valence-corrected chi connectivity index (χ0v) is 22.4. The summed E-state index contributed by atoms with van der Waals surface area (Å²) >= 11 is 0. The number of aromatic nitrogens is 2. The van der Waals surface area contributed by atoms with Gasteiger partial charge in [-0.05, 0) is 37.4 Å². The van der Waals surface area contributed by atoms with Crippen molar-refractivity contribution in [3.05, 3.63) is 109 Å². The van der Waals surface area contributed by atoms with Gasteiger partial charge in [-0.25, -0.2) is 9.97 Å². The summed E-state index contributed by atoms with van der Waals surface area (Å²) in [6, 6.07) is 26.8. The SMILES string of the molecule is CN(C)CC=CC(=O)Nc1ccc(-c2c(-c3ccccc3)oc3ncnc(N[C@H](CO)c4ccccc4)c23)cc1. The van der Waals surface area contributed by atoms with Crippen LogP contribution in [-0.4, -0.2) is 53.1 Å². The van der Waals surface area contributed by atoms with Gasteiger partial charge >= 0.3 is 0 Å². The van der Waals surface area contributed by atoms with Gasteiger partial charge < -0.3 is 25.1 Å². The van der Waals surface area contributed by atoms with E-state index >= 15 is 0 Å². The van der Waals surface area contributed by atoms with E-state index in [1.807, 2.05) is 110 Å². The lowest BCUT2D eigenvalue weighted by molar-refractivity contribution is -0.111. The van der Waals surface area contributed by atoms with Gasteiger partial charge in [-0.3, -0.25) is 4.79 Å². The highest BCUT2D eigenvalue weighted by molar-refractivity contribution is 6.06. The Kier molecular flexibility index (Phi) is 8.29. The van der Waals surface area contributed by atoms with Gasteiger partial charge in [0.25, 0.3) is 0 Å². The predicted molar refractivity (Wildman–Crippen MR) is 159 cm³/mol. The molecule has 0 aliphatic carbocycles. The number of aliphatic hydroxyl groups excluding tert-OH is 1. The Morgan fingerprint density at radius 1 is 0.950 bits per heavy atom. The normalized spacial score (nSPS) is 12.2. The van der Waals surface area contributed by atoms with Gasteiger partial charge in [0, 0.05) is 29.4 Å². The summed E-state index contributed by atoms with van der Waals surface area (Å²) in [4.78, 5) is 23.3. The summed E-state index contributed by atoms with van der Waals surface area (Å²) in [7, 11) is 3.89. The first-order valence-electron chi connectivity index (χ1n) is 13.0. The van der Waals surface area contributed by atoms with E-state index in [1.165, 1.54) is 12.4 Å². The Morgan fingerprint density at radius 3 is 2.33 bits per heavy atom. The minimum absolute atomic E-state index is 0.119. The van der Waals surface area contributed by atoms with Crippen LogP contribution in [0.1, 0.15) is 11.6 Å². The van der Waals surface area contributed by atoms with Crippen molar-refractivity contribution in [2.75, 3.05) is 37.9 Å². The Hall–Kier alpha value is -4.79. The third-order valence-corrected chi connectivity index (χ3v) is 6.40. The van der Waals surface area contributed by atoms with Gasteiger partial charge in [-0.1, -0.05) is 78.9 Å². The van der Waals surface area contributed by atoms with E-state index in [9.17, 15) is 9.90 Å².